The lowest BCUT2D eigenvalue weighted by Crippen LogP contribution is -2.35. The summed E-state index contributed by atoms with van der Waals surface area (Å²) in [7, 11) is -3.45. The maximum absolute atomic E-state index is 12.0. The van der Waals surface area contributed by atoms with Crippen LogP contribution in [0.3, 0.4) is 0 Å². The first kappa shape index (κ1) is 59.3. The van der Waals surface area contributed by atoms with Crippen molar-refractivity contribution < 1.29 is 55.8 Å². The van der Waals surface area contributed by atoms with Crippen molar-refractivity contribution >= 4 is 54.1 Å². The van der Waals surface area contributed by atoms with Crippen molar-refractivity contribution in [1.82, 2.24) is 34.7 Å². The number of unbranched alkanes of at least 4 members (excludes halogenated alkanes) is 2. The van der Waals surface area contributed by atoms with E-state index in [2.05, 4.69) is 49.6 Å². The molecule has 0 aromatic carbocycles. The third-order valence-corrected chi connectivity index (χ3v) is 14.8. The molecule has 4 aromatic heterocycles. The van der Waals surface area contributed by atoms with Crippen LogP contribution in [0.5, 0.6) is 0 Å². The third kappa shape index (κ3) is 21.2. The van der Waals surface area contributed by atoms with Gasteiger partial charge in [-0.3, -0.25) is 4.79 Å². The number of nitrogens with zero attached hydrogens (tertiary/aromatic N) is 6. The maximum Gasteiger partial charge on any atom is 0.246 e. The van der Waals surface area contributed by atoms with Crippen LogP contribution in [0.15, 0.2) is 23.6 Å². The molecule has 412 valence electrons. The summed E-state index contributed by atoms with van der Waals surface area (Å²) in [6, 6.07) is 2.29. The normalized spacial score (nSPS) is 15.1. The highest BCUT2D eigenvalue weighted by molar-refractivity contribution is 7.90. The van der Waals surface area contributed by atoms with Crippen molar-refractivity contribution in [2.24, 2.45) is 5.92 Å². The van der Waals surface area contributed by atoms with E-state index >= 15 is 0 Å². The number of aryl methyl sites for hydroxylation is 1. The number of carbonyl (C=O) groups is 1. The Hall–Kier alpha value is -3.96. The van der Waals surface area contributed by atoms with Gasteiger partial charge >= 0.3 is 0 Å². The minimum atomic E-state index is -3.45. The van der Waals surface area contributed by atoms with Gasteiger partial charge in [-0.2, -0.15) is 0 Å². The van der Waals surface area contributed by atoms with Crippen molar-refractivity contribution in [3.05, 3.63) is 34.7 Å². The van der Waals surface area contributed by atoms with Gasteiger partial charge in [-0.15, -0.1) is 11.3 Å². The summed E-state index contributed by atoms with van der Waals surface area (Å²) in [5.41, 5.74) is 10.2. The number of imidazole rings is 1. The Kier molecular flexibility index (Phi) is 27.2. The molecule has 0 spiro atoms. The van der Waals surface area contributed by atoms with E-state index < -0.39 is 9.84 Å². The van der Waals surface area contributed by atoms with E-state index in [1.807, 2.05) is 11.3 Å². The predicted molar refractivity (Wildman–Crippen MR) is 283 cm³/mol. The van der Waals surface area contributed by atoms with Crippen LogP contribution in [-0.2, 0) is 70.2 Å². The Bertz CT molecular complexity index is 2400. The van der Waals surface area contributed by atoms with E-state index in [9.17, 15) is 13.2 Å². The summed E-state index contributed by atoms with van der Waals surface area (Å²) < 4.78 is 77.1. The standard InChI is InChI=1S/C52H80N8O12S2/c1-3-4-9-46-58-48-49(60(46)40-41-13-19-64-20-14-41)50-44(57-51(48)53)37-45(73-50)43-11-16-59(17-12-43)18-22-66-24-26-68-28-30-70-32-34-72-36-35-71-33-31-69-29-27-67-25-23-65-21-15-54-47(61)10-7-5-6-8-42-38-55-52(56-39-42)74(2,62)63/h37-39,41,43H,3-5,7,9-36,40H2,1-2H3,(H2,53,57)(H,54,61). The molecule has 2 aliphatic rings. The van der Waals surface area contributed by atoms with Crippen molar-refractivity contribution in [2.45, 2.75) is 88.8 Å². The molecular weight excluding hydrogens is 993 g/mol. The quantitative estimate of drug-likeness (QED) is 0.0349. The molecule has 74 heavy (non-hydrogen) atoms. The number of nitrogens with two attached hydrogens (primary N) is 1. The second kappa shape index (κ2) is 33.9. The highest BCUT2D eigenvalue weighted by atomic mass is 32.2. The number of nitrogen functional groups attached to an aromatic ring is 1. The molecule has 0 unspecified atom stereocenters. The summed E-state index contributed by atoms with van der Waals surface area (Å²) in [5, 5.41) is 2.58. The molecule has 0 bridgehead atoms. The summed E-state index contributed by atoms with van der Waals surface area (Å²) in [5.74, 6) is 8.52. The van der Waals surface area contributed by atoms with Crippen LogP contribution in [0, 0.1) is 17.8 Å². The van der Waals surface area contributed by atoms with E-state index in [0.717, 1.165) is 107 Å². The average Bonchev–Trinajstić information content (AvgIpc) is 4.00. The van der Waals surface area contributed by atoms with Gasteiger partial charge in [-0.25, -0.2) is 28.4 Å². The van der Waals surface area contributed by atoms with Crippen molar-refractivity contribution in [2.75, 3.05) is 157 Å². The number of anilines is 1. The molecule has 2 saturated heterocycles. The Balaban J connectivity index is 0.665. The van der Waals surface area contributed by atoms with Crippen LogP contribution in [0.25, 0.3) is 21.3 Å². The lowest BCUT2D eigenvalue weighted by molar-refractivity contribution is -0.121. The van der Waals surface area contributed by atoms with Gasteiger partial charge in [0.25, 0.3) is 0 Å². The van der Waals surface area contributed by atoms with E-state index in [-0.39, 0.29) is 11.1 Å². The number of likely N-dealkylation sites (tertiary alicyclic amines) is 1. The Morgan fingerprint density at radius 2 is 1.36 bits per heavy atom. The van der Waals surface area contributed by atoms with E-state index in [1.165, 1.54) is 27.5 Å². The smallest absolute Gasteiger partial charge is 0.246 e. The zero-order valence-electron chi connectivity index (χ0n) is 43.7. The van der Waals surface area contributed by atoms with E-state index in [4.69, 9.17) is 58.3 Å². The van der Waals surface area contributed by atoms with Crippen LogP contribution in [0.2, 0.25) is 0 Å². The number of sulfone groups is 1. The maximum atomic E-state index is 12.0. The topological polar surface area (TPSA) is 232 Å². The van der Waals surface area contributed by atoms with Crippen LogP contribution in [0.4, 0.5) is 5.82 Å². The fraction of sp³-hybridized carbons (Fsp3) is 0.712. The van der Waals surface area contributed by atoms with E-state index in [1.54, 1.807) is 0 Å². The average molecular weight is 1070 g/mol. The van der Waals surface area contributed by atoms with Crippen molar-refractivity contribution in [3.63, 3.8) is 0 Å². The molecular formula is C52H80N8O12S2. The van der Waals surface area contributed by atoms with E-state index in [0.29, 0.717) is 155 Å². The van der Waals surface area contributed by atoms with Gasteiger partial charge in [0, 0.05) is 75.6 Å². The largest absolute Gasteiger partial charge is 0.382 e. The summed E-state index contributed by atoms with van der Waals surface area (Å²) in [6.45, 7) is 16.2. The zero-order chi connectivity index (χ0) is 52.1. The molecule has 0 radical (unpaired) electrons. The summed E-state index contributed by atoms with van der Waals surface area (Å²) in [6.07, 6.45) is 12.9. The molecule has 0 atom stereocenters. The minimum absolute atomic E-state index is 0.0748. The Labute approximate surface area is 441 Å². The second-order valence-electron chi connectivity index (χ2n) is 18.4. The molecule has 3 N–H and O–H groups in total. The first-order valence-electron chi connectivity index (χ1n) is 26.5. The molecule has 0 saturated carbocycles. The number of aromatic nitrogens is 5. The number of rotatable bonds is 37. The summed E-state index contributed by atoms with van der Waals surface area (Å²) in [4.78, 5) is 33.5. The molecule has 1 amide bonds. The van der Waals surface area contributed by atoms with Crippen molar-refractivity contribution in [1.29, 1.82) is 0 Å². The van der Waals surface area contributed by atoms with Gasteiger partial charge < -0.3 is 63.1 Å². The monoisotopic (exact) mass is 1070 g/mol. The molecule has 22 heteroatoms. The fourth-order valence-electron chi connectivity index (χ4n) is 8.56. The SMILES string of the molecule is CCCCc1nc2c(N)nc3cc(C4CCN(CCOCCOCCOCCOCCOCCOCCOCCOCCNC(=O)CCCC#Cc5cnc(S(C)(=O)=O)nc5)CC4)sc3c2n1CC1CCOCC1. The van der Waals surface area contributed by atoms with Crippen LogP contribution in [0.1, 0.15) is 86.9 Å². The molecule has 6 rings (SSSR count). The molecule has 20 nitrogen and oxygen atoms in total. The number of ether oxygens (including phenoxy) is 9. The minimum Gasteiger partial charge on any atom is -0.382 e. The van der Waals surface area contributed by atoms with Gasteiger partial charge in [0.05, 0.1) is 127 Å². The number of hydrogen-bond acceptors (Lipinski definition) is 19. The highest BCUT2D eigenvalue weighted by Gasteiger charge is 2.26. The molecule has 2 fully saturated rings. The number of pyridine rings is 1. The molecule has 6 heterocycles. The first-order chi connectivity index (χ1) is 36.2. The number of carbonyl (C=O) groups excluding carboxylic acids is 1. The number of fused-ring (bicyclic) bond motifs is 3. The third-order valence-electron chi connectivity index (χ3n) is 12.6. The molecule has 0 aliphatic carbocycles. The lowest BCUT2D eigenvalue weighted by Gasteiger charge is -2.31. The van der Waals surface area contributed by atoms with Gasteiger partial charge in [0.2, 0.25) is 20.9 Å². The lowest BCUT2D eigenvalue weighted by atomic mass is 9.95. The molecule has 2 aliphatic heterocycles. The van der Waals surface area contributed by atoms with Crippen LogP contribution < -0.4 is 11.1 Å². The van der Waals surface area contributed by atoms with Gasteiger partial charge in [0.1, 0.15) is 11.3 Å². The van der Waals surface area contributed by atoms with Gasteiger partial charge in [-0.05, 0) is 69.5 Å². The Morgan fingerprint density at radius 3 is 1.93 bits per heavy atom. The fourth-order valence-corrected chi connectivity index (χ4v) is 10.4. The number of thiophene rings is 1. The Morgan fingerprint density at radius 1 is 0.797 bits per heavy atom. The predicted octanol–water partition coefficient (Wildman–Crippen LogP) is 4.84. The zero-order valence-corrected chi connectivity index (χ0v) is 45.3. The number of nitrogens with one attached hydrogen (secondary N) is 1. The first-order valence-corrected chi connectivity index (χ1v) is 29.2. The summed E-state index contributed by atoms with van der Waals surface area (Å²) >= 11 is 1.90. The van der Waals surface area contributed by atoms with Crippen LogP contribution in [-0.4, -0.2) is 195 Å². The molecule has 4 aromatic rings. The number of amides is 1. The number of hydrogen-bond donors (Lipinski definition) is 2. The number of piperidine rings is 1. The van der Waals surface area contributed by atoms with Crippen LogP contribution >= 0.6 is 11.3 Å². The van der Waals surface area contributed by atoms with Crippen molar-refractivity contribution in [3.8, 4) is 11.8 Å². The van der Waals surface area contributed by atoms with Gasteiger partial charge in [-0.1, -0.05) is 25.2 Å². The highest BCUT2D eigenvalue weighted by Crippen LogP contribution is 2.40. The van der Waals surface area contributed by atoms with Gasteiger partial charge in [0.15, 0.2) is 5.82 Å². The second-order valence-corrected chi connectivity index (χ2v) is 21.4.